The van der Waals surface area contributed by atoms with Crippen LogP contribution in [-0.4, -0.2) is 85.6 Å². The van der Waals surface area contributed by atoms with Crippen molar-refractivity contribution in [2.75, 3.05) is 53.1 Å². The van der Waals surface area contributed by atoms with Crippen LogP contribution in [0.15, 0.2) is 36.9 Å². The predicted molar refractivity (Wildman–Crippen MR) is 106 cm³/mol. The first-order valence-electron chi connectivity index (χ1n) is 9.71. The molecule has 1 heterocycles. The third-order valence-electron chi connectivity index (χ3n) is 5.33. The van der Waals surface area contributed by atoms with Crippen molar-refractivity contribution in [3.05, 3.63) is 48.0 Å². The average Bonchev–Trinajstić information content (AvgIpc) is 2.75. The summed E-state index contributed by atoms with van der Waals surface area (Å²) in [6, 6.07) is 4.38. The van der Waals surface area contributed by atoms with Crippen molar-refractivity contribution in [1.82, 2.24) is 9.80 Å². The van der Waals surface area contributed by atoms with Crippen molar-refractivity contribution in [2.24, 2.45) is 0 Å². The highest BCUT2D eigenvalue weighted by Gasteiger charge is 2.35. The number of morpholine rings is 1. The van der Waals surface area contributed by atoms with E-state index in [2.05, 4.69) is 6.58 Å². The van der Waals surface area contributed by atoms with E-state index in [9.17, 15) is 23.1 Å². The molecular weight excluding hydrogens is 401 g/mol. The Labute approximate surface area is 174 Å². The summed E-state index contributed by atoms with van der Waals surface area (Å²) in [6.07, 6.45) is -3.22. The molecule has 0 radical (unpaired) electrons. The zero-order valence-corrected chi connectivity index (χ0v) is 17.3. The maximum atomic E-state index is 13.0. The quantitative estimate of drug-likeness (QED) is 0.610. The van der Waals surface area contributed by atoms with Gasteiger partial charge in [0.15, 0.2) is 0 Å². The van der Waals surface area contributed by atoms with Gasteiger partial charge in [0.25, 0.3) is 5.91 Å². The van der Waals surface area contributed by atoms with Gasteiger partial charge in [-0.15, -0.1) is 6.58 Å². The Balaban J connectivity index is 2.17. The van der Waals surface area contributed by atoms with Gasteiger partial charge in [-0.3, -0.25) is 9.69 Å². The van der Waals surface area contributed by atoms with Crippen LogP contribution in [0.5, 0.6) is 0 Å². The Hall–Kier alpha value is -1.94. The van der Waals surface area contributed by atoms with E-state index in [1.54, 1.807) is 6.08 Å². The Morgan fingerprint density at radius 2 is 2.20 bits per heavy atom. The van der Waals surface area contributed by atoms with Gasteiger partial charge in [0, 0.05) is 38.9 Å². The second kappa shape index (κ2) is 10.4. The monoisotopic (exact) mass is 430 g/mol. The topological polar surface area (TPSA) is 62.2 Å². The third-order valence-corrected chi connectivity index (χ3v) is 5.33. The molecule has 0 bridgehead atoms. The molecule has 1 fully saturated rings. The average molecular weight is 430 g/mol. The minimum atomic E-state index is -4.53. The summed E-state index contributed by atoms with van der Waals surface area (Å²) in [4.78, 5) is 16.4. The molecule has 0 unspecified atom stereocenters. The SMILES string of the molecule is C=C[C@@](C)(CO)N1CCO[C@@H](CN(CCOC)C(=O)c2cccc(C(F)(F)F)c2)C1. The summed E-state index contributed by atoms with van der Waals surface area (Å²) < 4.78 is 50.0. The number of benzene rings is 1. The third kappa shape index (κ3) is 6.04. The molecule has 2 rings (SSSR count). The van der Waals surface area contributed by atoms with E-state index in [1.807, 2.05) is 11.8 Å². The van der Waals surface area contributed by atoms with Crippen molar-refractivity contribution in [2.45, 2.75) is 24.7 Å². The fraction of sp³-hybridized carbons (Fsp3) is 0.571. The van der Waals surface area contributed by atoms with Crippen LogP contribution in [0.25, 0.3) is 0 Å². The number of alkyl halides is 3. The van der Waals surface area contributed by atoms with Gasteiger partial charge in [0.2, 0.25) is 0 Å². The summed E-state index contributed by atoms with van der Waals surface area (Å²) in [5, 5.41) is 9.72. The lowest BCUT2D eigenvalue weighted by atomic mass is 9.99. The normalized spacial score (nSPS) is 19.9. The standard InChI is InChI=1S/C21H29F3N2O4/c1-4-20(2,15-27)26-9-11-30-18(14-26)13-25(8-10-29-3)19(28)16-6-5-7-17(12-16)21(22,23)24/h4-7,12,18,27H,1,8-11,13-15H2,2-3H3/t18-,20-/m0/s1. The Kier molecular flexibility index (Phi) is 8.42. The van der Waals surface area contributed by atoms with Crippen LogP contribution in [0.2, 0.25) is 0 Å². The maximum Gasteiger partial charge on any atom is 0.416 e. The zero-order chi connectivity index (χ0) is 22.4. The summed E-state index contributed by atoms with van der Waals surface area (Å²) >= 11 is 0. The largest absolute Gasteiger partial charge is 0.416 e. The van der Waals surface area contributed by atoms with Crippen molar-refractivity contribution < 1.29 is 32.5 Å². The first kappa shape index (κ1) is 24.3. The fourth-order valence-corrected chi connectivity index (χ4v) is 3.32. The van der Waals surface area contributed by atoms with Gasteiger partial charge >= 0.3 is 6.18 Å². The lowest BCUT2D eigenvalue weighted by molar-refractivity contribution is -0.137. The van der Waals surface area contributed by atoms with Gasteiger partial charge in [-0.05, 0) is 25.1 Å². The van der Waals surface area contributed by atoms with Gasteiger partial charge < -0.3 is 19.5 Å². The number of halogens is 3. The molecule has 1 amide bonds. The smallest absolute Gasteiger partial charge is 0.394 e. The number of carbonyl (C=O) groups excluding carboxylic acids is 1. The number of ether oxygens (including phenoxy) is 2. The second-order valence-electron chi connectivity index (χ2n) is 7.48. The van der Waals surface area contributed by atoms with E-state index in [-0.39, 0.29) is 38.0 Å². The van der Waals surface area contributed by atoms with E-state index in [0.717, 1.165) is 12.1 Å². The summed E-state index contributed by atoms with van der Waals surface area (Å²) in [6.45, 7) is 7.62. The molecule has 2 atom stereocenters. The molecule has 1 aliphatic heterocycles. The Morgan fingerprint density at radius 1 is 1.47 bits per heavy atom. The highest BCUT2D eigenvalue weighted by Crippen LogP contribution is 2.30. The molecule has 1 aromatic carbocycles. The van der Waals surface area contributed by atoms with Crippen molar-refractivity contribution in [3.63, 3.8) is 0 Å². The van der Waals surface area contributed by atoms with Crippen LogP contribution in [0.1, 0.15) is 22.8 Å². The van der Waals surface area contributed by atoms with Crippen molar-refractivity contribution in [3.8, 4) is 0 Å². The lowest BCUT2D eigenvalue weighted by Crippen LogP contribution is -2.57. The molecule has 0 aromatic heterocycles. The van der Waals surface area contributed by atoms with Gasteiger partial charge in [0.1, 0.15) is 0 Å². The molecule has 0 spiro atoms. The summed E-state index contributed by atoms with van der Waals surface area (Å²) in [7, 11) is 1.49. The molecular formula is C21H29F3N2O4. The maximum absolute atomic E-state index is 13.0. The molecule has 1 aromatic rings. The zero-order valence-electron chi connectivity index (χ0n) is 17.3. The molecule has 168 valence electrons. The minimum absolute atomic E-state index is 0.0418. The van der Waals surface area contributed by atoms with Gasteiger partial charge in [-0.2, -0.15) is 13.2 Å². The van der Waals surface area contributed by atoms with Crippen LogP contribution < -0.4 is 0 Å². The molecule has 0 saturated carbocycles. The molecule has 30 heavy (non-hydrogen) atoms. The van der Waals surface area contributed by atoms with Crippen molar-refractivity contribution >= 4 is 5.91 Å². The van der Waals surface area contributed by atoms with E-state index in [1.165, 1.54) is 24.1 Å². The van der Waals surface area contributed by atoms with Crippen LogP contribution in [0, 0.1) is 0 Å². The first-order valence-corrected chi connectivity index (χ1v) is 9.71. The van der Waals surface area contributed by atoms with Crippen molar-refractivity contribution in [1.29, 1.82) is 0 Å². The van der Waals surface area contributed by atoms with Crippen LogP contribution in [0.4, 0.5) is 13.2 Å². The molecule has 1 aliphatic rings. The highest BCUT2D eigenvalue weighted by atomic mass is 19.4. The second-order valence-corrected chi connectivity index (χ2v) is 7.48. The van der Waals surface area contributed by atoms with Gasteiger partial charge in [-0.1, -0.05) is 12.1 Å². The Morgan fingerprint density at radius 3 is 2.80 bits per heavy atom. The molecule has 9 heteroatoms. The molecule has 1 N–H and O–H groups in total. The summed E-state index contributed by atoms with van der Waals surface area (Å²) in [5.41, 5.74) is -1.53. The molecule has 1 saturated heterocycles. The van der Waals surface area contributed by atoms with Crippen LogP contribution in [0.3, 0.4) is 0 Å². The minimum Gasteiger partial charge on any atom is -0.394 e. The number of nitrogens with zero attached hydrogens (tertiary/aromatic N) is 2. The highest BCUT2D eigenvalue weighted by molar-refractivity contribution is 5.94. The van der Waals surface area contributed by atoms with Crippen LogP contribution >= 0.6 is 0 Å². The van der Waals surface area contributed by atoms with Gasteiger partial charge in [-0.25, -0.2) is 0 Å². The number of hydrogen-bond acceptors (Lipinski definition) is 5. The molecule has 0 aliphatic carbocycles. The predicted octanol–water partition coefficient (Wildman–Crippen LogP) is 2.43. The van der Waals surface area contributed by atoms with E-state index >= 15 is 0 Å². The number of aliphatic hydroxyl groups is 1. The Bertz CT molecular complexity index is 728. The van der Waals surface area contributed by atoms with E-state index in [4.69, 9.17) is 9.47 Å². The number of rotatable bonds is 9. The number of hydrogen-bond donors (Lipinski definition) is 1. The molecule has 6 nitrogen and oxygen atoms in total. The lowest BCUT2D eigenvalue weighted by Gasteiger charge is -2.43. The van der Waals surface area contributed by atoms with E-state index in [0.29, 0.717) is 19.7 Å². The number of aliphatic hydroxyl groups excluding tert-OH is 1. The number of amides is 1. The fourth-order valence-electron chi connectivity index (χ4n) is 3.32. The number of carbonyl (C=O) groups is 1. The summed E-state index contributed by atoms with van der Waals surface area (Å²) in [5.74, 6) is -0.521. The van der Waals surface area contributed by atoms with Gasteiger partial charge in [0.05, 0.1) is 37.0 Å². The van der Waals surface area contributed by atoms with Crippen LogP contribution in [-0.2, 0) is 15.7 Å². The number of methoxy groups -OCH3 is 1. The first-order chi connectivity index (χ1) is 14.1. The van der Waals surface area contributed by atoms with E-state index < -0.39 is 23.2 Å².